The van der Waals surface area contributed by atoms with Crippen LogP contribution >= 0.6 is 0 Å². The Labute approximate surface area is 137 Å². The van der Waals surface area contributed by atoms with Crippen molar-refractivity contribution >= 4 is 5.78 Å². The minimum atomic E-state index is -1.64. The van der Waals surface area contributed by atoms with Gasteiger partial charge in [0, 0.05) is 12.1 Å². The number of phenols is 1. The van der Waals surface area contributed by atoms with Gasteiger partial charge in [-0.15, -0.1) is 0 Å². The molecule has 1 aromatic rings. The van der Waals surface area contributed by atoms with Gasteiger partial charge in [-0.05, 0) is 6.92 Å². The monoisotopic (exact) mass is 344 g/mol. The van der Waals surface area contributed by atoms with Gasteiger partial charge in [-0.1, -0.05) is 0 Å². The zero-order valence-corrected chi connectivity index (χ0v) is 13.1. The molecule has 0 unspecified atom stereocenters. The number of hydrogen-bond acceptors (Lipinski definition) is 9. The number of Topliss-reactive ketones (excluding diaryl/α,β-unsaturated/α-hetero) is 1. The molecule has 2 rings (SSSR count). The molecule has 0 saturated carbocycles. The number of carbonyl (C=O) groups is 1. The van der Waals surface area contributed by atoms with Crippen LogP contribution < -0.4 is 9.47 Å². The van der Waals surface area contributed by atoms with Crippen LogP contribution in [0.2, 0.25) is 0 Å². The Morgan fingerprint density at radius 3 is 2.33 bits per heavy atom. The van der Waals surface area contributed by atoms with Gasteiger partial charge in [0.25, 0.3) is 0 Å². The lowest BCUT2D eigenvalue weighted by Gasteiger charge is -2.39. The predicted octanol–water partition coefficient (Wildman–Crippen LogP) is -1.22. The van der Waals surface area contributed by atoms with Crippen molar-refractivity contribution in [2.45, 2.75) is 37.6 Å². The summed E-state index contributed by atoms with van der Waals surface area (Å²) in [5, 5.41) is 48.4. The molecule has 0 bridgehead atoms. The van der Waals surface area contributed by atoms with Gasteiger partial charge >= 0.3 is 0 Å². The van der Waals surface area contributed by atoms with E-state index in [0.29, 0.717) is 0 Å². The van der Waals surface area contributed by atoms with E-state index in [2.05, 4.69) is 0 Å². The third-order valence-electron chi connectivity index (χ3n) is 3.71. The number of phenolic OH excluding ortho intramolecular Hbond substituents is 1. The first-order valence-electron chi connectivity index (χ1n) is 7.19. The Kier molecular flexibility index (Phi) is 5.62. The normalized spacial score (nSPS) is 30.0. The molecule has 0 radical (unpaired) electrons. The molecule has 0 aliphatic carbocycles. The molecule has 9 heteroatoms. The molecular weight excluding hydrogens is 324 g/mol. The molecule has 0 spiro atoms. The van der Waals surface area contributed by atoms with E-state index in [-0.39, 0.29) is 22.8 Å². The second-order valence-electron chi connectivity index (χ2n) is 5.39. The minimum absolute atomic E-state index is 0.00672. The summed E-state index contributed by atoms with van der Waals surface area (Å²) in [6.45, 7) is 0.642. The number of carbonyl (C=O) groups excluding carboxylic acids is 1. The Balaban J connectivity index is 2.36. The fourth-order valence-corrected chi connectivity index (χ4v) is 2.47. The molecule has 9 nitrogen and oxygen atoms in total. The van der Waals surface area contributed by atoms with Crippen molar-refractivity contribution in [2.24, 2.45) is 0 Å². The predicted molar refractivity (Wildman–Crippen MR) is 79.1 cm³/mol. The van der Waals surface area contributed by atoms with Crippen LogP contribution in [0.4, 0.5) is 0 Å². The summed E-state index contributed by atoms with van der Waals surface area (Å²) in [5.74, 6) is -0.756. The largest absolute Gasteiger partial charge is 0.508 e. The Hall–Kier alpha value is -1.91. The Morgan fingerprint density at radius 1 is 1.17 bits per heavy atom. The van der Waals surface area contributed by atoms with E-state index in [4.69, 9.17) is 14.2 Å². The van der Waals surface area contributed by atoms with Crippen LogP contribution in [0.3, 0.4) is 0 Å². The first kappa shape index (κ1) is 18.4. The Bertz CT molecular complexity index is 601. The summed E-state index contributed by atoms with van der Waals surface area (Å²) < 4.78 is 15.7. The SMILES string of the molecule is COc1cc(O)cc(O[C@@H]2O[C@H](CO)[C@@H](O)[C@H](O)[C@H]2O)c1C(C)=O. The van der Waals surface area contributed by atoms with Crippen molar-refractivity contribution in [1.29, 1.82) is 0 Å². The van der Waals surface area contributed by atoms with Crippen molar-refractivity contribution in [2.75, 3.05) is 13.7 Å². The van der Waals surface area contributed by atoms with E-state index >= 15 is 0 Å². The summed E-state index contributed by atoms with van der Waals surface area (Å²) in [7, 11) is 1.30. The van der Waals surface area contributed by atoms with Crippen molar-refractivity contribution in [1.82, 2.24) is 0 Å². The second kappa shape index (κ2) is 7.32. The first-order valence-corrected chi connectivity index (χ1v) is 7.19. The molecule has 1 aliphatic rings. The molecule has 1 saturated heterocycles. The average molecular weight is 344 g/mol. The van der Waals surface area contributed by atoms with Crippen LogP contribution in [0, 0.1) is 0 Å². The van der Waals surface area contributed by atoms with Crippen LogP contribution in [0.25, 0.3) is 0 Å². The highest BCUT2D eigenvalue weighted by atomic mass is 16.7. The summed E-state index contributed by atoms with van der Waals surface area (Å²) in [6, 6.07) is 2.34. The second-order valence-corrected chi connectivity index (χ2v) is 5.39. The lowest BCUT2D eigenvalue weighted by Crippen LogP contribution is -2.60. The number of aliphatic hydroxyl groups excluding tert-OH is 4. The molecule has 0 aromatic heterocycles. The minimum Gasteiger partial charge on any atom is -0.508 e. The van der Waals surface area contributed by atoms with E-state index in [1.54, 1.807) is 0 Å². The van der Waals surface area contributed by atoms with E-state index in [1.165, 1.54) is 20.1 Å². The van der Waals surface area contributed by atoms with E-state index in [0.717, 1.165) is 6.07 Å². The number of aliphatic hydroxyl groups is 4. The first-order chi connectivity index (χ1) is 11.3. The molecule has 5 atom stereocenters. The number of benzene rings is 1. The molecule has 1 fully saturated rings. The molecule has 5 N–H and O–H groups in total. The number of ether oxygens (including phenoxy) is 3. The van der Waals surface area contributed by atoms with Crippen LogP contribution in [0.1, 0.15) is 17.3 Å². The summed E-state index contributed by atoms with van der Waals surface area (Å²) in [4.78, 5) is 11.8. The maximum Gasteiger partial charge on any atom is 0.229 e. The third kappa shape index (κ3) is 3.45. The lowest BCUT2D eigenvalue weighted by atomic mass is 9.99. The maximum absolute atomic E-state index is 11.8. The average Bonchev–Trinajstić information content (AvgIpc) is 2.54. The fourth-order valence-electron chi connectivity index (χ4n) is 2.47. The van der Waals surface area contributed by atoms with Crippen molar-refractivity contribution in [3.8, 4) is 17.2 Å². The van der Waals surface area contributed by atoms with Gasteiger partial charge in [0.2, 0.25) is 6.29 Å². The summed E-state index contributed by atoms with van der Waals surface area (Å²) in [6.07, 6.45) is -7.44. The van der Waals surface area contributed by atoms with Crippen molar-refractivity contribution in [3.05, 3.63) is 17.7 Å². The van der Waals surface area contributed by atoms with Crippen molar-refractivity contribution in [3.63, 3.8) is 0 Å². The molecule has 24 heavy (non-hydrogen) atoms. The van der Waals surface area contributed by atoms with Crippen LogP contribution in [-0.2, 0) is 4.74 Å². The number of aromatic hydroxyl groups is 1. The zero-order valence-electron chi connectivity index (χ0n) is 13.1. The fraction of sp³-hybridized carbons (Fsp3) is 0.533. The van der Waals surface area contributed by atoms with Gasteiger partial charge < -0.3 is 39.7 Å². The summed E-state index contributed by atoms with van der Waals surface area (Å²) in [5.41, 5.74) is 0.00672. The quantitative estimate of drug-likeness (QED) is 0.415. The molecule has 1 aliphatic heterocycles. The zero-order chi connectivity index (χ0) is 18.0. The molecule has 1 heterocycles. The number of rotatable bonds is 5. The van der Waals surface area contributed by atoms with Gasteiger partial charge in [0.1, 0.15) is 47.2 Å². The maximum atomic E-state index is 11.8. The van der Waals surface area contributed by atoms with E-state index in [9.17, 15) is 30.3 Å². The van der Waals surface area contributed by atoms with Gasteiger partial charge in [-0.3, -0.25) is 4.79 Å². The highest BCUT2D eigenvalue weighted by Gasteiger charge is 2.45. The van der Waals surface area contributed by atoms with Crippen LogP contribution in [-0.4, -0.2) is 75.7 Å². The lowest BCUT2D eigenvalue weighted by molar-refractivity contribution is -0.277. The van der Waals surface area contributed by atoms with Crippen LogP contribution in [0.15, 0.2) is 12.1 Å². The van der Waals surface area contributed by atoms with E-state index < -0.39 is 43.1 Å². The number of hydrogen-bond donors (Lipinski definition) is 5. The topological polar surface area (TPSA) is 146 Å². The van der Waals surface area contributed by atoms with Gasteiger partial charge in [-0.25, -0.2) is 0 Å². The standard InChI is InChI=1S/C15H20O9/c1-6(17)11-8(22-2)3-7(18)4-9(11)23-15-14(21)13(20)12(19)10(5-16)24-15/h3-4,10,12-16,18-21H,5H2,1-2H3/t10-,12-,13+,14-,15-/m1/s1. The number of methoxy groups -OCH3 is 1. The van der Waals surface area contributed by atoms with Gasteiger partial charge in [0.15, 0.2) is 5.78 Å². The highest BCUT2D eigenvalue weighted by Crippen LogP contribution is 2.36. The number of ketones is 1. The third-order valence-corrected chi connectivity index (χ3v) is 3.71. The smallest absolute Gasteiger partial charge is 0.229 e. The molecule has 134 valence electrons. The highest BCUT2D eigenvalue weighted by molar-refractivity contribution is 6.00. The molecular formula is C15H20O9. The summed E-state index contributed by atoms with van der Waals surface area (Å²) >= 11 is 0. The van der Waals surface area contributed by atoms with Gasteiger partial charge in [0.05, 0.1) is 13.7 Å². The molecule has 0 amide bonds. The molecule has 1 aromatic carbocycles. The van der Waals surface area contributed by atoms with Crippen molar-refractivity contribution < 1.29 is 44.5 Å². The Morgan fingerprint density at radius 2 is 1.79 bits per heavy atom. The van der Waals surface area contributed by atoms with E-state index in [1.807, 2.05) is 0 Å². The van der Waals surface area contributed by atoms with Crippen LogP contribution in [0.5, 0.6) is 17.2 Å². The van der Waals surface area contributed by atoms with Gasteiger partial charge in [-0.2, -0.15) is 0 Å².